The van der Waals surface area contributed by atoms with Gasteiger partial charge in [0.15, 0.2) is 23.3 Å². The van der Waals surface area contributed by atoms with Gasteiger partial charge in [-0.2, -0.15) is 0 Å². The quantitative estimate of drug-likeness (QED) is 0.0957. The zero-order valence-electron chi connectivity index (χ0n) is 40.8. The Morgan fingerprint density at radius 3 is 1.06 bits per heavy atom. The summed E-state index contributed by atoms with van der Waals surface area (Å²) in [6.07, 6.45) is 5.15. The Balaban J connectivity index is 0.00000631. The number of hydrogen-bond donors (Lipinski definition) is 0. The summed E-state index contributed by atoms with van der Waals surface area (Å²) in [4.78, 5) is 13.6. The number of nitrogens with zero attached hydrogens (tertiary/aromatic N) is 3. The molecule has 3 nitrogen and oxygen atoms in total. The van der Waals surface area contributed by atoms with Crippen molar-refractivity contribution in [2.45, 2.75) is 0 Å². The molecule has 0 spiro atoms. The average molecular weight is 1180 g/mol. The van der Waals surface area contributed by atoms with Crippen LogP contribution in [0.2, 0.25) is 0 Å². The van der Waals surface area contributed by atoms with Gasteiger partial charge in [-0.3, -0.25) is 0 Å². The summed E-state index contributed by atoms with van der Waals surface area (Å²) in [6, 6.07) is 78.9. The van der Waals surface area contributed by atoms with E-state index < -0.39 is 23.3 Å². The number of aromatic nitrogens is 3. The topological polar surface area (TPSA) is 38.7 Å². The molecule has 0 unspecified atom stereocenters. The van der Waals surface area contributed by atoms with Crippen LogP contribution in [0.4, 0.5) is 17.6 Å². The Kier molecular flexibility index (Phi) is 14.2. The molecule has 0 aliphatic rings. The number of pyridine rings is 3. The molecule has 77 heavy (non-hydrogen) atoms. The summed E-state index contributed by atoms with van der Waals surface area (Å²) in [6.45, 7) is 0. The van der Waals surface area contributed by atoms with Gasteiger partial charge in [-0.05, 0) is 139 Å². The molecule has 0 atom stereocenters. The maximum absolute atomic E-state index is 15.9. The first-order chi connectivity index (χ1) is 37.3. The molecule has 0 aliphatic heterocycles. The standard InChI is InChI=1S/C69H40F4N3.Ir/c70-63-40-59(47-23-27-49(28-24-47)67-16-6-9-33-74-67)61(42-65(63)72)53-36-52(37-54(38-53)62-43-66(73)64(71)41-60(62)48-25-29-50(30-26-48)68-17-7-10-34-75-68)55-14-4-5-15-56(55)57-32-31-51(69-18-8-11-35-76-69)39-58(57)46-21-19-45(20-22-46)44-12-2-1-3-13-44;/h1-27,29,32-43H;/q-3;+3. The molecule has 0 aliphatic carbocycles. The summed E-state index contributed by atoms with van der Waals surface area (Å²) in [5.74, 6) is -4.16. The summed E-state index contributed by atoms with van der Waals surface area (Å²) in [5.41, 5.74) is 15.3. The van der Waals surface area contributed by atoms with Crippen molar-refractivity contribution in [3.05, 3.63) is 285 Å². The molecular weight excluding hydrogens is 1140 g/mol. The molecule has 12 aromatic rings. The average Bonchev–Trinajstić information content (AvgIpc) is 3.53. The van der Waals surface area contributed by atoms with Crippen molar-refractivity contribution in [3.63, 3.8) is 0 Å². The number of halogens is 4. The summed E-state index contributed by atoms with van der Waals surface area (Å²) < 4.78 is 63.1. The van der Waals surface area contributed by atoms with Crippen LogP contribution < -0.4 is 0 Å². The van der Waals surface area contributed by atoms with Crippen LogP contribution in [0.1, 0.15) is 0 Å². The Morgan fingerprint density at radius 1 is 0.247 bits per heavy atom. The Morgan fingerprint density at radius 2 is 0.610 bits per heavy atom. The van der Waals surface area contributed by atoms with E-state index in [1.54, 1.807) is 30.7 Å². The maximum atomic E-state index is 15.9. The Labute approximate surface area is 457 Å². The molecule has 0 N–H and O–H groups in total. The van der Waals surface area contributed by atoms with E-state index in [1.807, 2.05) is 146 Å². The number of benzene rings is 9. The van der Waals surface area contributed by atoms with Gasteiger partial charge in [0, 0.05) is 18.6 Å². The van der Waals surface area contributed by atoms with Crippen LogP contribution in [0.5, 0.6) is 0 Å². The molecule has 0 bridgehead atoms. The van der Waals surface area contributed by atoms with Gasteiger partial charge in [0.25, 0.3) is 0 Å². The number of rotatable bonds is 11. The van der Waals surface area contributed by atoms with Crippen LogP contribution in [0.3, 0.4) is 0 Å². The molecule has 0 radical (unpaired) electrons. The van der Waals surface area contributed by atoms with Crippen molar-refractivity contribution >= 4 is 0 Å². The summed E-state index contributed by atoms with van der Waals surface area (Å²) in [7, 11) is 0. The van der Waals surface area contributed by atoms with E-state index in [1.165, 1.54) is 24.3 Å². The molecule has 368 valence electrons. The third kappa shape index (κ3) is 10.3. The Hall–Kier alpha value is -9.20. The third-order valence-electron chi connectivity index (χ3n) is 13.5. The van der Waals surface area contributed by atoms with Crippen molar-refractivity contribution in [1.29, 1.82) is 0 Å². The fourth-order valence-electron chi connectivity index (χ4n) is 9.76. The van der Waals surface area contributed by atoms with Crippen molar-refractivity contribution in [1.82, 2.24) is 15.0 Å². The van der Waals surface area contributed by atoms with E-state index >= 15 is 17.6 Å². The monoisotopic (exact) mass is 1180 g/mol. The van der Waals surface area contributed by atoms with Crippen LogP contribution in [0.15, 0.2) is 243 Å². The molecule has 3 heterocycles. The SMILES string of the molecule is Fc1cc(-c2c[c-]c(-c3ccccn3)cc2)c(-c2cc(-c3cc(F)c(F)cc3-c3c[c-]c(-c4ccccn4)cc3)cc(-c3ccccc3-c3c[c-]c(-c4ccccn4)cc3-c3ccc(-c4ccccc4)cc3)c2)cc1F.[Ir+3]. The third-order valence-corrected chi connectivity index (χ3v) is 13.5. The Bertz CT molecular complexity index is 3890. The van der Waals surface area contributed by atoms with E-state index in [-0.39, 0.29) is 20.1 Å². The van der Waals surface area contributed by atoms with E-state index in [0.29, 0.717) is 61.5 Å². The first-order valence-electron chi connectivity index (χ1n) is 24.5. The zero-order chi connectivity index (χ0) is 51.5. The van der Waals surface area contributed by atoms with Gasteiger partial charge in [0.05, 0.1) is 0 Å². The molecule has 0 amide bonds. The molecule has 0 saturated carbocycles. The molecular formula is C69H40F4IrN3. The molecule has 3 aromatic heterocycles. The van der Waals surface area contributed by atoms with Gasteiger partial charge in [-0.25, -0.2) is 17.6 Å². The molecule has 12 rings (SSSR count). The molecule has 8 heteroatoms. The van der Waals surface area contributed by atoms with Gasteiger partial charge < -0.3 is 15.0 Å². The van der Waals surface area contributed by atoms with Crippen molar-refractivity contribution in [2.24, 2.45) is 0 Å². The second-order valence-corrected chi connectivity index (χ2v) is 18.2. The van der Waals surface area contributed by atoms with Gasteiger partial charge >= 0.3 is 20.1 Å². The summed E-state index contributed by atoms with van der Waals surface area (Å²) in [5, 5.41) is 0. The van der Waals surface area contributed by atoms with Gasteiger partial charge in [-0.1, -0.05) is 143 Å². The molecule has 0 saturated heterocycles. The smallest absolute Gasteiger partial charge is 0.305 e. The minimum Gasteiger partial charge on any atom is -0.305 e. The fourth-order valence-corrected chi connectivity index (χ4v) is 9.76. The molecule has 9 aromatic carbocycles. The van der Waals surface area contributed by atoms with Crippen molar-refractivity contribution in [2.75, 3.05) is 0 Å². The second kappa shape index (κ2) is 21.9. The van der Waals surface area contributed by atoms with Crippen LogP contribution >= 0.6 is 0 Å². The van der Waals surface area contributed by atoms with Crippen molar-refractivity contribution in [3.8, 4) is 123 Å². The first-order valence-corrected chi connectivity index (χ1v) is 24.5. The minimum absolute atomic E-state index is 0. The van der Waals surface area contributed by atoms with E-state index in [2.05, 4.69) is 75.6 Å². The second-order valence-electron chi connectivity index (χ2n) is 18.2. The van der Waals surface area contributed by atoms with Crippen molar-refractivity contribution < 1.29 is 37.7 Å². The predicted molar refractivity (Wildman–Crippen MR) is 296 cm³/mol. The van der Waals surface area contributed by atoms with Gasteiger partial charge in [0.1, 0.15) is 0 Å². The zero-order valence-corrected chi connectivity index (χ0v) is 43.2. The van der Waals surface area contributed by atoms with Gasteiger partial charge in [-0.15, -0.1) is 83.4 Å². The summed E-state index contributed by atoms with van der Waals surface area (Å²) >= 11 is 0. The van der Waals surface area contributed by atoms with E-state index in [0.717, 1.165) is 61.3 Å². The largest absolute Gasteiger partial charge is 3.00 e. The fraction of sp³-hybridized carbons (Fsp3) is 0. The van der Waals surface area contributed by atoms with Gasteiger partial charge in [0.2, 0.25) is 0 Å². The maximum Gasteiger partial charge on any atom is 3.00 e. The van der Waals surface area contributed by atoms with E-state index in [9.17, 15) is 0 Å². The van der Waals surface area contributed by atoms with Crippen LogP contribution in [0, 0.1) is 41.5 Å². The predicted octanol–water partition coefficient (Wildman–Crippen LogP) is 18.2. The van der Waals surface area contributed by atoms with Crippen LogP contribution in [-0.4, -0.2) is 15.0 Å². The first kappa shape index (κ1) is 50.0. The minimum atomic E-state index is -1.05. The normalized spacial score (nSPS) is 11.0. The van der Waals surface area contributed by atoms with Crippen LogP contribution in [-0.2, 0) is 20.1 Å². The van der Waals surface area contributed by atoms with Crippen LogP contribution in [0.25, 0.3) is 123 Å². The molecule has 0 fully saturated rings. The van der Waals surface area contributed by atoms with E-state index in [4.69, 9.17) is 0 Å². The number of hydrogen-bond acceptors (Lipinski definition) is 3.